The second-order valence-electron chi connectivity index (χ2n) is 27.8. The molecule has 2 bridgehead atoms. The summed E-state index contributed by atoms with van der Waals surface area (Å²) < 4.78 is 12.2. The number of hydrogen-bond donors (Lipinski definition) is 3. The lowest BCUT2D eigenvalue weighted by molar-refractivity contribution is -0.339. The SMILES string of the molecule is CC(CCCc1ccccc1)CCC(O)C12C(O)CCC(C)(C3CCC4(CC3)CC(CC3(c5ccccc5)CCCC3)C3(CCC5(CCCC5)C3)C4)C1C1CC(C)(C#CCCC(=O)O1)C2(O)CCC1=CC(=O)OC1. The van der Waals surface area contributed by atoms with E-state index in [2.05, 4.69) is 86.4 Å². The van der Waals surface area contributed by atoms with Gasteiger partial charge in [0.15, 0.2) is 0 Å². The van der Waals surface area contributed by atoms with Crippen molar-refractivity contribution >= 4 is 11.9 Å². The van der Waals surface area contributed by atoms with Gasteiger partial charge in [-0.15, -0.1) is 5.92 Å². The number of esters is 2. The van der Waals surface area contributed by atoms with Crippen molar-refractivity contribution in [3.63, 3.8) is 0 Å². The van der Waals surface area contributed by atoms with Gasteiger partial charge in [-0.05, 0) is 210 Å². The number of carbonyl (C=O) groups is 2. The molecule has 7 fully saturated rings. The smallest absolute Gasteiger partial charge is 0.331 e. The number of cyclic esters (lactones) is 1. The number of aliphatic hydroxyl groups excluding tert-OH is 2. The fourth-order valence-electron chi connectivity index (χ4n) is 20.3. The van der Waals surface area contributed by atoms with Crippen molar-refractivity contribution in [3.8, 4) is 11.8 Å². The van der Waals surface area contributed by atoms with Crippen LogP contribution < -0.4 is 0 Å². The molecule has 0 saturated heterocycles. The Morgan fingerprint density at radius 1 is 0.770 bits per heavy atom. The number of benzene rings is 2. The zero-order valence-corrected chi connectivity index (χ0v) is 45.8. The van der Waals surface area contributed by atoms with E-state index in [1.807, 2.05) is 6.92 Å². The largest absolute Gasteiger partial charge is 0.462 e. The number of fused-ring (bicyclic) bond motifs is 4. The summed E-state index contributed by atoms with van der Waals surface area (Å²) in [6, 6.07) is 22.3. The van der Waals surface area contributed by atoms with E-state index in [0.29, 0.717) is 54.3 Å². The summed E-state index contributed by atoms with van der Waals surface area (Å²) in [4.78, 5) is 26.5. The van der Waals surface area contributed by atoms with Gasteiger partial charge < -0.3 is 24.8 Å². The van der Waals surface area contributed by atoms with Crippen LogP contribution in [-0.2, 0) is 30.9 Å². The second-order valence-corrected chi connectivity index (χ2v) is 27.8. The van der Waals surface area contributed by atoms with Gasteiger partial charge in [0.25, 0.3) is 0 Å². The average molecular weight is 1010 g/mol. The Bertz CT molecular complexity index is 2410. The molecule has 11 unspecified atom stereocenters. The van der Waals surface area contributed by atoms with Gasteiger partial charge >= 0.3 is 11.9 Å². The highest BCUT2D eigenvalue weighted by Crippen LogP contribution is 2.75. The van der Waals surface area contributed by atoms with Gasteiger partial charge in [-0.25, -0.2) is 4.79 Å². The van der Waals surface area contributed by atoms with Crippen LogP contribution in [0.1, 0.15) is 218 Å². The lowest BCUT2D eigenvalue weighted by Crippen LogP contribution is -2.79. The summed E-state index contributed by atoms with van der Waals surface area (Å²) in [5.41, 5.74) is 0.566. The van der Waals surface area contributed by atoms with Crippen LogP contribution in [0.15, 0.2) is 72.3 Å². The monoisotopic (exact) mass is 1010 g/mol. The van der Waals surface area contributed by atoms with E-state index in [1.54, 1.807) is 11.6 Å². The zero-order chi connectivity index (χ0) is 51.5. The first-order valence-corrected chi connectivity index (χ1v) is 30.3. The van der Waals surface area contributed by atoms with Crippen LogP contribution in [-0.4, -0.2) is 57.8 Å². The summed E-state index contributed by atoms with van der Waals surface area (Å²) >= 11 is 0. The first-order chi connectivity index (χ1) is 35.6. The van der Waals surface area contributed by atoms with Gasteiger partial charge in [-0.2, -0.15) is 0 Å². The quantitative estimate of drug-likeness (QED) is 0.120. The molecular formula is C67H92O7. The molecule has 402 valence electrons. The third-order valence-corrected chi connectivity index (χ3v) is 23.8. The average Bonchev–Trinajstić information content (AvgIpc) is 4.26. The molecule has 2 aromatic rings. The molecule has 74 heavy (non-hydrogen) atoms. The molecular weight excluding hydrogens is 917 g/mol. The van der Waals surface area contributed by atoms with Gasteiger partial charge in [0.05, 0.1) is 35.1 Å². The maximum Gasteiger partial charge on any atom is 0.331 e. The number of aliphatic hydroxyl groups is 3. The molecule has 0 aromatic heterocycles. The molecule has 2 aromatic carbocycles. The Kier molecular flexibility index (Phi) is 14.5. The summed E-state index contributed by atoms with van der Waals surface area (Å²) in [5, 5.41) is 41.2. The van der Waals surface area contributed by atoms with E-state index in [0.717, 1.165) is 56.4 Å². The van der Waals surface area contributed by atoms with E-state index < -0.39 is 46.1 Å². The van der Waals surface area contributed by atoms with Crippen molar-refractivity contribution in [1.29, 1.82) is 0 Å². The fourth-order valence-corrected chi connectivity index (χ4v) is 20.3. The van der Waals surface area contributed by atoms with Crippen LogP contribution in [0.5, 0.6) is 0 Å². The van der Waals surface area contributed by atoms with Gasteiger partial charge in [-0.1, -0.05) is 113 Å². The lowest BCUT2D eigenvalue weighted by Gasteiger charge is -2.72. The van der Waals surface area contributed by atoms with Crippen molar-refractivity contribution in [1.82, 2.24) is 0 Å². The van der Waals surface area contributed by atoms with Crippen molar-refractivity contribution in [2.45, 2.75) is 243 Å². The van der Waals surface area contributed by atoms with Crippen LogP contribution in [0, 0.1) is 68.0 Å². The molecule has 2 aliphatic heterocycles. The van der Waals surface area contributed by atoms with Crippen molar-refractivity contribution in [3.05, 3.63) is 83.4 Å². The number of hydrogen-bond acceptors (Lipinski definition) is 7. The van der Waals surface area contributed by atoms with Crippen LogP contribution in [0.25, 0.3) is 0 Å². The van der Waals surface area contributed by atoms with Gasteiger partial charge in [0.1, 0.15) is 12.7 Å². The molecule has 7 heteroatoms. The summed E-state index contributed by atoms with van der Waals surface area (Å²) in [7, 11) is 0. The Labute approximate surface area is 445 Å². The molecule has 11 rings (SSSR count). The van der Waals surface area contributed by atoms with Gasteiger partial charge in [0.2, 0.25) is 0 Å². The molecule has 7 nitrogen and oxygen atoms in total. The molecule has 0 amide bonds. The Balaban J connectivity index is 0.928. The third-order valence-electron chi connectivity index (χ3n) is 23.8. The molecule has 9 aliphatic rings. The summed E-state index contributed by atoms with van der Waals surface area (Å²) in [6.07, 6.45) is 29.5. The number of carbonyl (C=O) groups excluding carboxylic acids is 2. The topological polar surface area (TPSA) is 113 Å². The van der Waals surface area contributed by atoms with Crippen LogP contribution >= 0.6 is 0 Å². The fraction of sp³-hybridized carbons (Fsp3) is 0.731. The molecule has 11 atom stereocenters. The molecule has 2 heterocycles. The zero-order valence-electron chi connectivity index (χ0n) is 45.8. The Hall–Kier alpha value is -3.44. The predicted octanol–water partition coefficient (Wildman–Crippen LogP) is 13.9. The minimum absolute atomic E-state index is 0.175. The molecule has 3 spiro atoms. The van der Waals surface area contributed by atoms with Crippen LogP contribution in [0.3, 0.4) is 0 Å². The highest BCUT2D eigenvalue weighted by molar-refractivity contribution is 5.85. The molecule has 0 radical (unpaired) electrons. The van der Waals surface area contributed by atoms with Crippen LogP contribution in [0.2, 0.25) is 0 Å². The minimum atomic E-state index is -1.69. The Morgan fingerprint density at radius 3 is 2.19 bits per heavy atom. The lowest BCUT2D eigenvalue weighted by atomic mass is 9.35. The predicted molar refractivity (Wildman–Crippen MR) is 291 cm³/mol. The van der Waals surface area contributed by atoms with E-state index in [4.69, 9.17) is 9.47 Å². The van der Waals surface area contributed by atoms with Crippen molar-refractivity contribution in [2.24, 2.45) is 56.2 Å². The van der Waals surface area contributed by atoms with E-state index >= 15 is 0 Å². The highest BCUT2D eigenvalue weighted by Gasteiger charge is 2.78. The molecule has 7 saturated carbocycles. The summed E-state index contributed by atoms with van der Waals surface area (Å²) in [5.74, 6) is 7.04. The molecule has 3 N–H and O–H groups in total. The van der Waals surface area contributed by atoms with Crippen molar-refractivity contribution < 1.29 is 34.4 Å². The molecule has 7 aliphatic carbocycles. The van der Waals surface area contributed by atoms with Crippen LogP contribution in [0.4, 0.5) is 0 Å². The standard InChI is InChI=1S/C67H92O7/c1-48(17-16-20-49-18-6-4-7-19-49)24-25-55(68)67-56(69)29-35-61(3,59(67)54-44-60(2,30-11-10-23-57(70)74-54)66(67,72)38-26-50-41-58(71)73-45-50)51-27-36-63(37-28-51)42-53(65(47-63)40-39-62(46-65)31-12-13-32-62)43-64(33-14-15-34-64)52-21-8-5-9-22-52/h4-9,18-19,21-22,41,48,51,53-56,59,68-69,72H,10,12-17,20,23-29,31-40,42-47H2,1-3H3. The first kappa shape index (κ1) is 52.6. The number of rotatable bonds is 15. The minimum Gasteiger partial charge on any atom is -0.462 e. The number of ether oxygens (including phenoxy) is 2. The highest BCUT2D eigenvalue weighted by atomic mass is 16.5. The number of aryl methyl sites for hydroxylation is 1. The Morgan fingerprint density at radius 2 is 1.47 bits per heavy atom. The normalized spacial score (nSPS) is 39.9. The van der Waals surface area contributed by atoms with Crippen molar-refractivity contribution in [2.75, 3.05) is 6.61 Å². The van der Waals surface area contributed by atoms with Gasteiger partial charge in [0, 0.05) is 24.8 Å². The first-order valence-electron chi connectivity index (χ1n) is 30.3. The third kappa shape index (κ3) is 9.19. The summed E-state index contributed by atoms with van der Waals surface area (Å²) in [6.45, 7) is 6.88. The van der Waals surface area contributed by atoms with E-state index in [-0.39, 0.29) is 42.7 Å². The second kappa shape index (κ2) is 20.4. The maximum absolute atomic E-state index is 14.4. The van der Waals surface area contributed by atoms with E-state index in [1.165, 1.54) is 108 Å². The maximum atomic E-state index is 14.4. The van der Waals surface area contributed by atoms with E-state index in [9.17, 15) is 24.9 Å². The van der Waals surface area contributed by atoms with Gasteiger partial charge in [-0.3, -0.25) is 4.79 Å².